The van der Waals surface area contributed by atoms with Crippen molar-refractivity contribution >= 4 is 17.9 Å². The van der Waals surface area contributed by atoms with Crippen molar-refractivity contribution in [3.63, 3.8) is 0 Å². The Bertz CT molecular complexity index is 858. The predicted molar refractivity (Wildman–Crippen MR) is 131 cm³/mol. The van der Waals surface area contributed by atoms with Crippen LogP contribution in [0.2, 0.25) is 0 Å². The maximum absolute atomic E-state index is 13.6. The number of nitrogens with zero attached hydrogens (tertiary/aromatic N) is 1. The number of hydrogen-bond acceptors (Lipinski definition) is 5. The molecular weight excluding hydrogens is 434 g/mol. The fourth-order valence-electron chi connectivity index (χ4n) is 4.14. The summed E-state index contributed by atoms with van der Waals surface area (Å²) >= 11 is 0. The van der Waals surface area contributed by atoms with Crippen LogP contribution in [0.3, 0.4) is 0 Å². The number of aliphatic hydroxyl groups excluding tert-OH is 1. The van der Waals surface area contributed by atoms with E-state index in [-0.39, 0.29) is 18.5 Å². The molecule has 0 aliphatic heterocycles. The van der Waals surface area contributed by atoms with E-state index >= 15 is 0 Å². The maximum atomic E-state index is 13.6. The molecule has 0 heterocycles. The van der Waals surface area contributed by atoms with Crippen molar-refractivity contribution in [2.75, 3.05) is 13.2 Å². The van der Waals surface area contributed by atoms with Gasteiger partial charge in [0.2, 0.25) is 11.8 Å². The van der Waals surface area contributed by atoms with Gasteiger partial charge >= 0.3 is 6.09 Å². The fraction of sp³-hybridized carbons (Fsp3) is 0.577. The number of rotatable bonds is 9. The van der Waals surface area contributed by atoms with Crippen LogP contribution in [0.25, 0.3) is 0 Å². The van der Waals surface area contributed by atoms with E-state index in [2.05, 4.69) is 17.2 Å². The second-order valence-electron chi connectivity index (χ2n) is 9.82. The lowest BCUT2D eigenvalue weighted by Gasteiger charge is -2.35. The second kappa shape index (κ2) is 12.6. The Morgan fingerprint density at radius 2 is 1.91 bits per heavy atom. The van der Waals surface area contributed by atoms with Crippen LogP contribution in [0.5, 0.6) is 0 Å². The number of carbonyl (C=O) groups is 3. The molecule has 1 fully saturated rings. The summed E-state index contributed by atoms with van der Waals surface area (Å²) in [6.07, 6.45) is 5.78. The van der Waals surface area contributed by atoms with E-state index < -0.39 is 36.3 Å². The number of ether oxygens (including phenoxy) is 1. The quantitative estimate of drug-likeness (QED) is 0.477. The molecule has 1 aliphatic rings. The molecule has 3 amide bonds. The van der Waals surface area contributed by atoms with Gasteiger partial charge in [-0.15, -0.1) is 6.58 Å². The maximum Gasteiger partial charge on any atom is 0.408 e. The standard InChI is InChI=1S/C26H39N3O5/c1-6-15-29(24(32)21(17-30)28-25(33)34-26(3,4)5)22(19-12-10-11-18(2)16-19)23(31)27-20-13-8-7-9-14-20/h6,10-12,16,20-22,30H,1,7-9,13-15,17H2,2-5H3,(H,27,31)(H,28,33). The zero-order valence-corrected chi connectivity index (χ0v) is 20.8. The lowest BCUT2D eigenvalue weighted by molar-refractivity contribution is -0.143. The van der Waals surface area contributed by atoms with Crippen molar-refractivity contribution < 1.29 is 24.2 Å². The minimum atomic E-state index is -1.27. The molecule has 0 spiro atoms. The van der Waals surface area contributed by atoms with E-state index in [1.54, 1.807) is 26.8 Å². The van der Waals surface area contributed by atoms with Crippen molar-refractivity contribution in [2.45, 2.75) is 83.5 Å². The Labute approximate surface area is 202 Å². The van der Waals surface area contributed by atoms with Gasteiger partial charge in [-0.05, 0) is 46.1 Å². The van der Waals surface area contributed by atoms with Crippen molar-refractivity contribution in [3.05, 3.63) is 48.0 Å². The Morgan fingerprint density at radius 1 is 1.24 bits per heavy atom. The van der Waals surface area contributed by atoms with Crippen LogP contribution in [0.15, 0.2) is 36.9 Å². The van der Waals surface area contributed by atoms with Gasteiger partial charge in [0.15, 0.2) is 0 Å². The molecule has 34 heavy (non-hydrogen) atoms. The minimum absolute atomic E-state index is 0.0576. The van der Waals surface area contributed by atoms with Gasteiger partial charge in [0.25, 0.3) is 0 Å². The summed E-state index contributed by atoms with van der Waals surface area (Å²) in [6.45, 7) is 10.2. The van der Waals surface area contributed by atoms with Crippen molar-refractivity contribution in [2.24, 2.45) is 0 Å². The molecule has 0 aromatic heterocycles. The number of carbonyl (C=O) groups excluding carboxylic acids is 3. The number of benzene rings is 1. The summed E-state index contributed by atoms with van der Waals surface area (Å²) in [5.41, 5.74) is 0.833. The van der Waals surface area contributed by atoms with Crippen LogP contribution < -0.4 is 10.6 Å². The van der Waals surface area contributed by atoms with Crippen LogP contribution >= 0.6 is 0 Å². The Kier molecular flexibility index (Phi) is 10.1. The molecule has 188 valence electrons. The summed E-state index contributed by atoms with van der Waals surface area (Å²) < 4.78 is 5.24. The summed E-state index contributed by atoms with van der Waals surface area (Å²) in [6, 6.07) is 5.26. The number of aliphatic hydroxyl groups is 1. The monoisotopic (exact) mass is 473 g/mol. The first-order valence-electron chi connectivity index (χ1n) is 11.9. The molecule has 2 unspecified atom stereocenters. The van der Waals surface area contributed by atoms with Gasteiger partial charge < -0.3 is 25.4 Å². The molecule has 1 aromatic rings. The van der Waals surface area contributed by atoms with Crippen LogP contribution in [-0.4, -0.2) is 58.8 Å². The van der Waals surface area contributed by atoms with E-state index in [0.717, 1.165) is 37.7 Å². The van der Waals surface area contributed by atoms with Crippen molar-refractivity contribution in [1.82, 2.24) is 15.5 Å². The molecule has 1 aromatic carbocycles. The third-order valence-electron chi connectivity index (χ3n) is 5.65. The Hall–Kier alpha value is -2.87. The van der Waals surface area contributed by atoms with Gasteiger partial charge in [-0.2, -0.15) is 0 Å². The number of hydrogen-bond donors (Lipinski definition) is 3. The van der Waals surface area contributed by atoms with E-state index in [9.17, 15) is 19.5 Å². The summed E-state index contributed by atoms with van der Waals surface area (Å²) in [5, 5.41) is 15.5. The highest BCUT2D eigenvalue weighted by molar-refractivity contribution is 5.92. The molecule has 1 aliphatic carbocycles. The zero-order valence-electron chi connectivity index (χ0n) is 20.8. The molecule has 0 saturated heterocycles. The Morgan fingerprint density at radius 3 is 2.47 bits per heavy atom. The van der Waals surface area contributed by atoms with Gasteiger partial charge in [0.05, 0.1) is 6.61 Å². The van der Waals surface area contributed by atoms with Gasteiger partial charge in [0, 0.05) is 12.6 Å². The largest absolute Gasteiger partial charge is 0.444 e. The molecular formula is C26H39N3O5. The lowest BCUT2D eigenvalue weighted by atomic mass is 9.94. The average Bonchev–Trinajstić information content (AvgIpc) is 2.76. The first kappa shape index (κ1) is 27.4. The van der Waals surface area contributed by atoms with Gasteiger partial charge in [-0.3, -0.25) is 9.59 Å². The van der Waals surface area contributed by atoms with Crippen LogP contribution in [0.4, 0.5) is 4.79 Å². The van der Waals surface area contributed by atoms with Gasteiger partial charge in [-0.25, -0.2) is 4.79 Å². The van der Waals surface area contributed by atoms with Gasteiger partial charge in [0.1, 0.15) is 17.7 Å². The summed E-state index contributed by atoms with van der Waals surface area (Å²) in [4.78, 5) is 40.7. The van der Waals surface area contributed by atoms with E-state index in [4.69, 9.17) is 4.74 Å². The molecule has 0 bridgehead atoms. The zero-order chi connectivity index (χ0) is 25.3. The SMILES string of the molecule is C=CCN(C(=O)C(CO)NC(=O)OC(C)(C)C)C(C(=O)NC1CCCCC1)c1cccc(C)c1. The highest BCUT2D eigenvalue weighted by atomic mass is 16.6. The molecule has 3 N–H and O–H groups in total. The topological polar surface area (TPSA) is 108 Å². The number of aryl methyl sites for hydroxylation is 1. The third-order valence-corrected chi connectivity index (χ3v) is 5.65. The fourth-order valence-corrected chi connectivity index (χ4v) is 4.14. The third kappa shape index (κ3) is 8.17. The summed E-state index contributed by atoms with van der Waals surface area (Å²) in [5.74, 6) is -0.889. The number of alkyl carbamates (subject to hydrolysis) is 1. The highest BCUT2D eigenvalue weighted by Crippen LogP contribution is 2.25. The average molecular weight is 474 g/mol. The van der Waals surface area contributed by atoms with Crippen LogP contribution in [0, 0.1) is 6.92 Å². The molecule has 0 radical (unpaired) electrons. The predicted octanol–water partition coefficient (Wildman–Crippen LogP) is 3.39. The second-order valence-corrected chi connectivity index (χ2v) is 9.82. The van der Waals surface area contributed by atoms with E-state index in [1.807, 2.05) is 25.1 Å². The smallest absolute Gasteiger partial charge is 0.408 e. The first-order valence-corrected chi connectivity index (χ1v) is 11.9. The molecule has 1 saturated carbocycles. The van der Waals surface area contributed by atoms with Crippen LogP contribution in [0.1, 0.15) is 70.0 Å². The molecule has 8 nitrogen and oxygen atoms in total. The van der Waals surface area contributed by atoms with Crippen molar-refractivity contribution in [1.29, 1.82) is 0 Å². The van der Waals surface area contributed by atoms with Crippen molar-refractivity contribution in [3.8, 4) is 0 Å². The minimum Gasteiger partial charge on any atom is -0.444 e. The summed E-state index contributed by atoms with van der Waals surface area (Å²) in [7, 11) is 0. The highest BCUT2D eigenvalue weighted by Gasteiger charge is 2.36. The molecule has 2 atom stereocenters. The van der Waals surface area contributed by atoms with E-state index in [1.165, 1.54) is 11.0 Å². The number of amides is 3. The number of nitrogens with one attached hydrogen (secondary N) is 2. The lowest BCUT2D eigenvalue weighted by Crippen LogP contribution is -2.55. The van der Waals surface area contributed by atoms with Gasteiger partial charge in [-0.1, -0.05) is 55.2 Å². The normalized spacial score (nSPS) is 16.1. The first-order chi connectivity index (χ1) is 16.1. The molecule has 2 rings (SSSR count). The van der Waals surface area contributed by atoms with Crippen LogP contribution in [-0.2, 0) is 14.3 Å². The van der Waals surface area contributed by atoms with E-state index in [0.29, 0.717) is 5.56 Å². The molecule has 8 heteroatoms. The Balaban J connectivity index is 2.35.